The minimum Gasteiger partial charge on any atom is -0.494 e. The number of piperazine rings is 1. The van der Waals surface area contributed by atoms with Crippen molar-refractivity contribution in [2.75, 3.05) is 44.6 Å². The van der Waals surface area contributed by atoms with Gasteiger partial charge in [-0.2, -0.15) is 5.10 Å². The lowest BCUT2D eigenvalue weighted by Gasteiger charge is -2.34. The van der Waals surface area contributed by atoms with Gasteiger partial charge in [0, 0.05) is 38.8 Å². The molecule has 2 aliphatic rings. The highest BCUT2D eigenvalue weighted by atomic mass is 16.5. The zero-order valence-corrected chi connectivity index (χ0v) is 17.9. The standard InChI is InChI=1S/C23H33N5O2/c1-2-30-21-9-7-19(8-10-21)17-26-13-15-27(16-14-26)18-23(29)25-22-11-12-24-28(22)20-5-3-4-6-20/h7-12,20H,2-6,13-18H2,1H3,(H,25,29). The summed E-state index contributed by atoms with van der Waals surface area (Å²) in [4.78, 5) is 17.3. The normalized spacial score (nSPS) is 18.6. The molecule has 1 amide bonds. The maximum Gasteiger partial charge on any atom is 0.239 e. The van der Waals surface area contributed by atoms with E-state index >= 15 is 0 Å². The average molecular weight is 412 g/mol. The van der Waals surface area contributed by atoms with Crippen LogP contribution in [0.1, 0.15) is 44.2 Å². The number of amides is 1. The number of benzene rings is 1. The third-order valence-corrected chi connectivity index (χ3v) is 6.08. The first-order valence-corrected chi connectivity index (χ1v) is 11.2. The molecule has 1 aromatic heterocycles. The Balaban J connectivity index is 1.21. The number of carbonyl (C=O) groups is 1. The van der Waals surface area contributed by atoms with Gasteiger partial charge in [-0.15, -0.1) is 0 Å². The van der Waals surface area contributed by atoms with Gasteiger partial charge >= 0.3 is 0 Å². The number of anilines is 1. The van der Waals surface area contributed by atoms with Crippen LogP contribution in [0.2, 0.25) is 0 Å². The molecule has 7 heteroatoms. The van der Waals surface area contributed by atoms with Crippen molar-refractivity contribution in [1.82, 2.24) is 19.6 Å². The van der Waals surface area contributed by atoms with E-state index in [4.69, 9.17) is 4.74 Å². The van der Waals surface area contributed by atoms with Crippen LogP contribution in [0.25, 0.3) is 0 Å². The summed E-state index contributed by atoms with van der Waals surface area (Å²) in [6.45, 7) is 7.83. The Kier molecular flexibility index (Phi) is 7.02. The molecule has 1 aromatic carbocycles. The summed E-state index contributed by atoms with van der Waals surface area (Å²) in [5, 5.41) is 7.51. The Hall–Kier alpha value is -2.38. The summed E-state index contributed by atoms with van der Waals surface area (Å²) in [5.41, 5.74) is 1.30. The largest absolute Gasteiger partial charge is 0.494 e. The summed E-state index contributed by atoms with van der Waals surface area (Å²) in [7, 11) is 0. The van der Waals surface area contributed by atoms with E-state index < -0.39 is 0 Å². The lowest BCUT2D eigenvalue weighted by Crippen LogP contribution is -2.48. The lowest BCUT2D eigenvalue weighted by molar-refractivity contribution is -0.117. The third kappa shape index (κ3) is 5.40. The van der Waals surface area contributed by atoms with Gasteiger partial charge in [-0.25, -0.2) is 4.68 Å². The van der Waals surface area contributed by atoms with Crippen LogP contribution < -0.4 is 10.1 Å². The highest BCUT2D eigenvalue weighted by Crippen LogP contribution is 2.31. The second-order valence-electron chi connectivity index (χ2n) is 8.28. The molecule has 30 heavy (non-hydrogen) atoms. The number of carbonyl (C=O) groups excluding carboxylic acids is 1. The van der Waals surface area contributed by atoms with Crippen LogP contribution in [0.15, 0.2) is 36.5 Å². The summed E-state index contributed by atoms with van der Waals surface area (Å²) in [5.74, 6) is 1.81. The van der Waals surface area contributed by atoms with Gasteiger partial charge in [0.2, 0.25) is 5.91 Å². The number of hydrogen-bond acceptors (Lipinski definition) is 5. The molecule has 1 saturated heterocycles. The van der Waals surface area contributed by atoms with Crippen LogP contribution >= 0.6 is 0 Å². The van der Waals surface area contributed by atoms with Crippen molar-refractivity contribution in [2.45, 2.75) is 45.2 Å². The SMILES string of the molecule is CCOc1ccc(CN2CCN(CC(=O)Nc3ccnn3C3CCCC3)CC2)cc1. The molecule has 2 fully saturated rings. The van der Waals surface area contributed by atoms with Gasteiger partial charge in [0.05, 0.1) is 25.4 Å². The molecule has 0 spiro atoms. The Morgan fingerprint density at radius 3 is 2.47 bits per heavy atom. The fourth-order valence-electron chi connectivity index (χ4n) is 4.46. The van der Waals surface area contributed by atoms with Gasteiger partial charge in [0.25, 0.3) is 0 Å². The van der Waals surface area contributed by atoms with Crippen molar-refractivity contribution in [3.63, 3.8) is 0 Å². The number of nitrogens with one attached hydrogen (secondary N) is 1. The van der Waals surface area contributed by atoms with Gasteiger partial charge in [0.1, 0.15) is 11.6 Å². The Bertz CT molecular complexity index is 805. The molecule has 1 aliphatic heterocycles. The van der Waals surface area contributed by atoms with Gasteiger partial charge in [-0.05, 0) is 37.5 Å². The number of aromatic nitrogens is 2. The molecule has 1 saturated carbocycles. The van der Waals surface area contributed by atoms with E-state index in [-0.39, 0.29) is 5.91 Å². The van der Waals surface area contributed by atoms with Gasteiger partial charge < -0.3 is 10.1 Å². The molecular formula is C23H33N5O2. The highest BCUT2D eigenvalue weighted by molar-refractivity contribution is 5.91. The van der Waals surface area contributed by atoms with Crippen molar-refractivity contribution >= 4 is 11.7 Å². The Labute approximate surface area is 179 Å². The summed E-state index contributed by atoms with van der Waals surface area (Å²) < 4.78 is 7.51. The summed E-state index contributed by atoms with van der Waals surface area (Å²) >= 11 is 0. The molecule has 2 aromatic rings. The van der Waals surface area contributed by atoms with Gasteiger partial charge in [0.15, 0.2) is 0 Å². The zero-order chi connectivity index (χ0) is 20.8. The zero-order valence-electron chi connectivity index (χ0n) is 17.9. The monoisotopic (exact) mass is 411 g/mol. The number of nitrogens with zero attached hydrogens (tertiary/aromatic N) is 4. The van der Waals surface area contributed by atoms with Crippen LogP contribution in [0.3, 0.4) is 0 Å². The second kappa shape index (κ2) is 10.1. The fourth-order valence-corrected chi connectivity index (χ4v) is 4.46. The average Bonchev–Trinajstić information content (AvgIpc) is 3.43. The predicted octanol–water partition coefficient (Wildman–Crippen LogP) is 3.15. The lowest BCUT2D eigenvalue weighted by atomic mass is 10.2. The molecule has 0 atom stereocenters. The maximum atomic E-state index is 12.6. The molecule has 0 unspecified atom stereocenters. The van der Waals surface area contributed by atoms with Crippen molar-refractivity contribution in [3.8, 4) is 5.75 Å². The first-order chi connectivity index (χ1) is 14.7. The number of rotatable bonds is 8. The first-order valence-electron chi connectivity index (χ1n) is 11.2. The molecule has 1 aliphatic carbocycles. The van der Waals surface area contributed by atoms with E-state index in [0.29, 0.717) is 19.2 Å². The van der Waals surface area contributed by atoms with Crippen LogP contribution in [-0.2, 0) is 11.3 Å². The minimum absolute atomic E-state index is 0.0507. The van der Waals surface area contributed by atoms with Crippen molar-refractivity contribution in [2.24, 2.45) is 0 Å². The van der Waals surface area contributed by atoms with Crippen molar-refractivity contribution < 1.29 is 9.53 Å². The van der Waals surface area contributed by atoms with Crippen LogP contribution in [0.5, 0.6) is 5.75 Å². The quantitative estimate of drug-likeness (QED) is 0.723. The Morgan fingerprint density at radius 1 is 1.07 bits per heavy atom. The molecule has 1 N–H and O–H groups in total. The van der Waals surface area contributed by atoms with Crippen LogP contribution in [0, 0.1) is 0 Å². The van der Waals surface area contributed by atoms with E-state index in [1.165, 1.54) is 18.4 Å². The fraction of sp³-hybridized carbons (Fsp3) is 0.565. The van der Waals surface area contributed by atoms with E-state index in [1.54, 1.807) is 6.20 Å². The summed E-state index contributed by atoms with van der Waals surface area (Å²) in [6, 6.07) is 10.7. The molecule has 4 rings (SSSR count). The first kappa shape index (κ1) is 20.9. The van der Waals surface area contributed by atoms with E-state index in [1.807, 2.05) is 29.8 Å². The smallest absolute Gasteiger partial charge is 0.239 e. The van der Waals surface area contributed by atoms with Crippen molar-refractivity contribution in [3.05, 3.63) is 42.1 Å². The predicted molar refractivity (Wildman–Crippen MR) is 118 cm³/mol. The van der Waals surface area contributed by atoms with Crippen LogP contribution in [-0.4, -0.2) is 64.8 Å². The van der Waals surface area contributed by atoms with Crippen LogP contribution in [0.4, 0.5) is 5.82 Å². The van der Waals surface area contributed by atoms with Gasteiger partial charge in [-0.1, -0.05) is 25.0 Å². The second-order valence-corrected chi connectivity index (χ2v) is 8.28. The third-order valence-electron chi connectivity index (χ3n) is 6.08. The molecule has 7 nitrogen and oxygen atoms in total. The molecule has 2 heterocycles. The molecular weight excluding hydrogens is 378 g/mol. The molecule has 0 radical (unpaired) electrons. The minimum atomic E-state index is 0.0507. The van der Waals surface area contributed by atoms with E-state index in [0.717, 1.165) is 57.1 Å². The number of hydrogen-bond donors (Lipinski definition) is 1. The molecule has 0 bridgehead atoms. The summed E-state index contributed by atoms with van der Waals surface area (Å²) in [6.07, 6.45) is 6.59. The maximum absolute atomic E-state index is 12.6. The topological polar surface area (TPSA) is 62.6 Å². The number of ether oxygens (including phenoxy) is 1. The molecule has 162 valence electrons. The van der Waals surface area contributed by atoms with Crippen molar-refractivity contribution in [1.29, 1.82) is 0 Å². The van der Waals surface area contributed by atoms with Gasteiger partial charge in [-0.3, -0.25) is 14.6 Å². The van der Waals surface area contributed by atoms with E-state index in [9.17, 15) is 4.79 Å². The Morgan fingerprint density at radius 2 is 1.77 bits per heavy atom. The van der Waals surface area contributed by atoms with E-state index in [2.05, 4.69) is 32.3 Å². The highest BCUT2D eigenvalue weighted by Gasteiger charge is 2.22.